The first-order valence-electron chi connectivity index (χ1n) is 9.98. The molecule has 1 aliphatic rings. The molecule has 0 radical (unpaired) electrons. The molecule has 0 atom stereocenters. The van der Waals surface area contributed by atoms with Crippen LogP contribution in [-0.4, -0.2) is 48.4 Å². The molecule has 3 aromatic rings. The first-order chi connectivity index (χ1) is 14.3. The van der Waals surface area contributed by atoms with E-state index in [0.29, 0.717) is 5.56 Å². The summed E-state index contributed by atoms with van der Waals surface area (Å²) in [4.78, 5) is 17.9. The topological polar surface area (TPSA) is 45.3 Å². The van der Waals surface area contributed by atoms with Gasteiger partial charge in [-0.05, 0) is 35.3 Å². The van der Waals surface area contributed by atoms with E-state index in [1.165, 1.54) is 18.2 Å². The second-order valence-corrected chi connectivity index (χ2v) is 8.34. The summed E-state index contributed by atoms with van der Waals surface area (Å²) >= 11 is 1.91. The zero-order valence-electron chi connectivity index (χ0n) is 16.7. The van der Waals surface area contributed by atoms with Crippen LogP contribution in [0.4, 0.5) is 0 Å². The van der Waals surface area contributed by atoms with Crippen LogP contribution in [-0.2, 0) is 10.5 Å². The fourth-order valence-corrected chi connectivity index (χ4v) is 4.83. The number of hydrogen-bond acceptors (Lipinski definition) is 4. The molecule has 150 valence electrons. The van der Waals surface area contributed by atoms with Gasteiger partial charge < -0.3 is 9.72 Å². The number of fused-ring (bicyclic) bond motifs is 1. The number of nitrogens with one attached hydrogen (secondary N) is 1. The maximum Gasteiger partial charge on any atom is 0.338 e. The van der Waals surface area contributed by atoms with E-state index in [2.05, 4.69) is 46.3 Å². The van der Waals surface area contributed by atoms with Gasteiger partial charge in [-0.25, -0.2) is 4.79 Å². The van der Waals surface area contributed by atoms with Crippen molar-refractivity contribution in [2.45, 2.75) is 12.2 Å². The van der Waals surface area contributed by atoms with Gasteiger partial charge in [-0.2, -0.15) is 11.8 Å². The van der Waals surface area contributed by atoms with Crippen molar-refractivity contribution in [3.63, 3.8) is 0 Å². The number of esters is 1. The van der Waals surface area contributed by atoms with Crippen molar-refractivity contribution in [1.29, 1.82) is 0 Å². The molecule has 1 aliphatic heterocycles. The van der Waals surface area contributed by atoms with Crippen molar-refractivity contribution in [3.8, 4) is 0 Å². The van der Waals surface area contributed by atoms with Crippen molar-refractivity contribution < 1.29 is 9.53 Å². The fourth-order valence-electron chi connectivity index (χ4n) is 3.85. The summed E-state index contributed by atoms with van der Waals surface area (Å²) < 4.78 is 4.94. The first-order valence-corrected chi connectivity index (χ1v) is 11.1. The van der Waals surface area contributed by atoms with Crippen LogP contribution in [0, 0.1) is 0 Å². The molecule has 29 heavy (non-hydrogen) atoms. The molecule has 0 saturated heterocycles. The average Bonchev–Trinajstić information content (AvgIpc) is 3.20. The van der Waals surface area contributed by atoms with Crippen LogP contribution in [0.3, 0.4) is 0 Å². The smallest absolute Gasteiger partial charge is 0.338 e. The summed E-state index contributed by atoms with van der Waals surface area (Å²) in [5.41, 5.74) is 5.59. The highest BCUT2D eigenvalue weighted by atomic mass is 32.2. The Bertz CT molecular complexity index is 1010. The van der Waals surface area contributed by atoms with E-state index in [9.17, 15) is 4.79 Å². The SMILES string of the molecule is COC(=O)c1cccc2[nH]cc(CSCCN3CC=C(c4ccccc4)CC3)c12. The van der Waals surface area contributed by atoms with Crippen molar-refractivity contribution >= 4 is 34.2 Å². The quantitative estimate of drug-likeness (QED) is 0.444. The van der Waals surface area contributed by atoms with Crippen LogP contribution < -0.4 is 0 Å². The van der Waals surface area contributed by atoms with Crippen LogP contribution in [0.2, 0.25) is 0 Å². The zero-order valence-corrected chi connectivity index (χ0v) is 17.5. The third-order valence-electron chi connectivity index (χ3n) is 5.44. The number of carbonyl (C=O) groups is 1. The minimum absolute atomic E-state index is 0.282. The number of rotatable bonds is 7. The van der Waals surface area contributed by atoms with E-state index in [-0.39, 0.29) is 5.97 Å². The molecule has 2 heterocycles. The Morgan fingerprint density at radius 3 is 2.79 bits per heavy atom. The molecule has 5 heteroatoms. The molecule has 0 unspecified atom stereocenters. The Labute approximate surface area is 175 Å². The van der Waals surface area contributed by atoms with Crippen molar-refractivity contribution in [2.75, 3.05) is 32.5 Å². The number of hydrogen-bond donors (Lipinski definition) is 1. The predicted molar refractivity (Wildman–Crippen MR) is 121 cm³/mol. The van der Waals surface area contributed by atoms with Gasteiger partial charge in [0, 0.05) is 48.2 Å². The second-order valence-electron chi connectivity index (χ2n) is 7.23. The van der Waals surface area contributed by atoms with E-state index in [0.717, 1.165) is 54.0 Å². The maximum absolute atomic E-state index is 12.1. The lowest BCUT2D eigenvalue weighted by Gasteiger charge is -2.26. The molecular weight excluding hydrogens is 380 g/mol. The number of thioether (sulfide) groups is 1. The maximum atomic E-state index is 12.1. The highest BCUT2D eigenvalue weighted by Crippen LogP contribution is 2.27. The predicted octanol–water partition coefficient (Wildman–Crippen LogP) is 4.98. The third kappa shape index (κ3) is 4.57. The Balaban J connectivity index is 1.31. The fraction of sp³-hybridized carbons (Fsp3) is 0.292. The van der Waals surface area contributed by atoms with E-state index in [4.69, 9.17) is 4.74 Å². The monoisotopic (exact) mass is 406 g/mol. The minimum Gasteiger partial charge on any atom is -0.465 e. The van der Waals surface area contributed by atoms with Gasteiger partial charge in [0.25, 0.3) is 0 Å². The number of aromatic nitrogens is 1. The number of ether oxygens (including phenoxy) is 1. The summed E-state index contributed by atoms with van der Waals surface area (Å²) in [6, 6.07) is 16.4. The molecule has 2 aromatic carbocycles. The van der Waals surface area contributed by atoms with Gasteiger partial charge in [0.1, 0.15) is 0 Å². The standard InChI is InChI=1S/C24H26N2O2S/c1-28-24(27)21-8-5-9-22-23(21)20(16-25-22)17-29-15-14-26-12-10-19(11-13-26)18-6-3-2-4-7-18/h2-10,16,25H,11-15,17H2,1H3. The molecule has 1 N–H and O–H groups in total. The summed E-state index contributed by atoms with van der Waals surface area (Å²) in [6.45, 7) is 3.21. The third-order valence-corrected chi connectivity index (χ3v) is 6.43. The van der Waals surface area contributed by atoms with E-state index in [1.54, 1.807) is 0 Å². The molecule has 0 amide bonds. The minimum atomic E-state index is -0.282. The average molecular weight is 407 g/mol. The van der Waals surface area contributed by atoms with Crippen LogP contribution >= 0.6 is 11.8 Å². The molecule has 0 spiro atoms. The Kier molecular flexibility index (Phi) is 6.37. The van der Waals surface area contributed by atoms with Gasteiger partial charge in [0.15, 0.2) is 0 Å². The normalized spacial score (nSPS) is 14.7. The van der Waals surface area contributed by atoms with Gasteiger partial charge in [0.2, 0.25) is 0 Å². The van der Waals surface area contributed by atoms with Gasteiger partial charge in [-0.15, -0.1) is 0 Å². The molecule has 1 aromatic heterocycles. The highest BCUT2D eigenvalue weighted by molar-refractivity contribution is 7.98. The Hall–Kier alpha value is -2.50. The lowest BCUT2D eigenvalue weighted by atomic mass is 10.00. The first kappa shape index (κ1) is 19.8. The number of aromatic amines is 1. The molecule has 4 nitrogen and oxygen atoms in total. The zero-order chi connectivity index (χ0) is 20.1. The lowest BCUT2D eigenvalue weighted by molar-refractivity contribution is 0.0603. The summed E-state index contributed by atoms with van der Waals surface area (Å²) in [7, 11) is 1.43. The van der Waals surface area contributed by atoms with Crippen molar-refractivity contribution in [1.82, 2.24) is 9.88 Å². The Morgan fingerprint density at radius 1 is 1.17 bits per heavy atom. The molecule has 0 fully saturated rings. The van der Waals surface area contributed by atoms with E-state index in [1.807, 2.05) is 36.2 Å². The van der Waals surface area contributed by atoms with Gasteiger partial charge in [-0.1, -0.05) is 42.5 Å². The van der Waals surface area contributed by atoms with Crippen molar-refractivity contribution in [2.24, 2.45) is 0 Å². The summed E-state index contributed by atoms with van der Waals surface area (Å²) in [5, 5.41) is 0.986. The summed E-state index contributed by atoms with van der Waals surface area (Å²) in [5.74, 6) is 1.67. The molecule has 0 aliphatic carbocycles. The molecule has 0 bridgehead atoms. The number of H-pyrrole nitrogens is 1. The van der Waals surface area contributed by atoms with Gasteiger partial charge in [-0.3, -0.25) is 4.90 Å². The lowest BCUT2D eigenvalue weighted by Crippen LogP contribution is -2.30. The van der Waals surface area contributed by atoms with Gasteiger partial charge in [0.05, 0.1) is 12.7 Å². The van der Waals surface area contributed by atoms with E-state index < -0.39 is 0 Å². The Morgan fingerprint density at radius 2 is 2.03 bits per heavy atom. The number of benzene rings is 2. The molecular formula is C24H26N2O2S. The summed E-state index contributed by atoms with van der Waals surface area (Å²) in [6.07, 6.45) is 5.49. The highest BCUT2D eigenvalue weighted by Gasteiger charge is 2.15. The van der Waals surface area contributed by atoms with Crippen LogP contribution in [0.25, 0.3) is 16.5 Å². The van der Waals surface area contributed by atoms with E-state index >= 15 is 0 Å². The van der Waals surface area contributed by atoms with Gasteiger partial charge >= 0.3 is 5.97 Å². The molecule has 0 saturated carbocycles. The second kappa shape index (κ2) is 9.33. The number of carbonyl (C=O) groups excluding carboxylic acids is 1. The van der Waals surface area contributed by atoms with Crippen LogP contribution in [0.5, 0.6) is 0 Å². The van der Waals surface area contributed by atoms with Crippen LogP contribution in [0.1, 0.15) is 27.9 Å². The number of methoxy groups -OCH3 is 1. The largest absolute Gasteiger partial charge is 0.465 e. The van der Waals surface area contributed by atoms with Crippen molar-refractivity contribution in [3.05, 3.63) is 77.5 Å². The number of nitrogens with zero attached hydrogens (tertiary/aromatic N) is 1. The van der Waals surface area contributed by atoms with Crippen LogP contribution in [0.15, 0.2) is 60.8 Å². The molecule has 4 rings (SSSR count).